The molecule has 2 atom stereocenters. The molecule has 0 aliphatic carbocycles. The lowest BCUT2D eigenvalue weighted by Gasteiger charge is -2.27. The van der Waals surface area contributed by atoms with Gasteiger partial charge in [0.25, 0.3) is 0 Å². The molecule has 0 fully saturated rings. The van der Waals surface area contributed by atoms with Gasteiger partial charge in [-0.3, -0.25) is 0 Å². The van der Waals surface area contributed by atoms with E-state index in [-0.39, 0.29) is 16.8 Å². The third-order valence-corrected chi connectivity index (χ3v) is 2.69. The van der Waals surface area contributed by atoms with Crippen molar-refractivity contribution in [1.29, 1.82) is 0 Å². The Morgan fingerprint density at radius 1 is 1.29 bits per heavy atom. The molecule has 0 aliphatic rings. The van der Waals surface area contributed by atoms with Gasteiger partial charge in [-0.1, -0.05) is 20.8 Å². The van der Waals surface area contributed by atoms with Gasteiger partial charge in [0.2, 0.25) is 0 Å². The first-order chi connectivity index (χ1) is 6.34. The fraction of sp³-hybridized carbons (Fsp3) is 0.889. The van der Waals surface area contributed by atoms with Crippen molar-refractivity contribution < 1.29 is 0 Å². The second kappa shape index (κ2) is 3.85. The molecule has 80 valence electrons. The van der Waals surface area contributed by atoms with E-state index in [4.69, 9.17) is 11.6 Å². The SMILES string of the molecule is CC(Cl)c1nnnn1C(C)C(C)(C)C. The molecular formula is C9H17ClN4. The largest absolute Gasteiger partial charge is 0.225 e. The first-order valence-corrected chi connectivity index (χ1v) is 5.19. The van der Waals surface area contributed by atoms with Crippen molar-refractivity contribution >= 4 is 11.6 Å². The van der Waals surface area contributed by atoms with E-state index in [9.17, 15) is 0 Å². The van der Waals surface area contributed by atoms with Crippen molar-refractivity contribution in [2.75, 3.05) is 0 Å². The topological polar surface area (TPSA) is 43.6 Å². The second-order valence-corrected chi connectivity index (χ2v) is 5.29. The third-order valence-electron chi connectivity index (χ3n) is 2.49. The number of tetrazole rings is 1. The predicted molar refractivity (Wildman–Crippen MR) is 56.3 cm³/mol. The van der Waals surface area contributed by atoms with E-state index in [1.165, 1.54) is 0 Å². The minimum absolute atomic E-state index is 0.121. The summed E-state index contributed by atoms with van der Waals surface area (Å²) in [6.45, 7) is 10.4. The minimum atomic E-state index is -0.158. The molecule has 1 aromatic heterocycles. The van der Waals surface area contributed by atoms with Crippen molar-refractivity contribution in [3.8, 4) is 0 Å². The first-order valence-electron chi connectivity index (χ1n) is 4.76. The highest BCUT2D eigenvalue weighted by atomic mass is 35.5. The van der Waals surface area contributed by atoms with E-state index in [1.807, 2.05) is 6.92 Å². The van der Waals surface area contributed by atoms with E-state index >= 15 is 0 Å². The van der Waals surface area contributed by atoms with Gasteiger partial charge in [-0.2, -0.15) is 0 Å². The molecule has 5 heteroatoms. The zero-order valence-electron chi connectivity index (χ0n) is 9.32. The number of alkyl halides is 1. The smallest absolute Gasteiger partial charge is 0.169 e. The fourth-order valence-corrected chi connectivity index (χ4v) is 1.25. The molecule has 1 rings (SSSR count). The molecular weight excluding hydrogens is 200 g/mol. The van der Waals surface area contributed by atoms with Gasteiger partial charge < -0.3 is 0 Å². The molecule has 1 aromatic rings. The first kappa shape index (κ1) is 11.4. The van der Waals surface area contributed by atoms with Crippen LogP contribution in [0.1, 0.15) is 51.9 Å². The molecule has 0 N–H and O–H groups in total. The molecule has 4 nitrogen and oxygen atoms in total. The lowest BCUT2D eigenvalue weighted by atomic mass is 9.88. The van der Waals surface area contributed by atoms with Gasteiger partial charge in [-0.25, -0.2) is 4.68 Å². The standard InChI is InChI=1S/C9H17ClN4/c1-6(10)8-11-12-13-14(8)7(2)9(3,4)5/h6-7H,1-5H3. The minimum Gasteiger partial charge on any atom is -0.225 e. The molecule has 1 heterocycles. The maximum atomic E-state index is 5.98. The Bertz CT molecular complexity index is 300. The summed E-state index contributed by atoms with van der Waals surface area (Å²) in [6.07, 6.45) is 0. The summed E-state index contributed by atoms with van der Waals surface area (Å²) in [4.78, 5) is 0. The molecule has 0 saturated carbocycles. The summed E-state index contributed by atoms with van der Waals surface area (Å²) >= 11 is 5.98. The average molecular weight is 217 g/mol. The highest BCUT2D eigenvalue weighted by molar-refractivity contribution is 6.20. The van der Waals surface area contributed by atoms with Gasteiger partial charge in [0.15, 0.2) is 5.82 Å². The van der Waals surface area contributed by atoms with Crippen molar-refractivity contribution in [1.82, 2.24) is 20.2 Å². The van der Waals surface area contributed by atoms with Gasteiger partial charge in [-0.05, 0) is 29.7 Å². The van der Waals surface area contributed by atoms with Crippen LogP contribution in [-0.2, 0) is 0 Å². The van der Waals surface area contributed by atoms with Crippen LogP contribution < -0.4 is 0 Å². The molecule has 0 bridgehead atoms. The molecule has 14 heavy (non-hydrogen) atoms. The van der Waals surface area contributed by atoms with Crippen LogP contribution in [0.5, 0.6) is 0 Å². The third kappa shape index (κ3) is 2.23. The molecule has 0 saturated heterocycles. The van der Waals surface area contributed by atoms with Crippen molar-refractivity contribution in [3.63, 3.8) is 0 Å². The molecule has 0 spiro atoms. The summed E-state index contributed by atoms with van der Waals surface area (Å²) in [5.41, 5.74) is 0.121. The number of halogens is 1. The zero-order valence-corrected chi connectivity index (χ0v) is 10.1. The number of rotatable bonds is 2. The summed E-state index contributed by atoms with van der Waals surface area (Å²) in [5, 5.41) is 11.4. The zero-order chi connectivity index (χ0) is 10.9. The Hall–Kier alpha value is -0.640. The Morgan fingerprint density at radius 3 is 2.29 bits per heavy atom. The summed E-state index contributed by atoms with van der Waals surface area (Å²) in [6, 6.07) is 0.230. The maximum Gasteiger partial charge on any atom is 0.169 e. The van der Waals surface area contributed by atoms with Crippen LogP contribution in [0.25, 0.3) is 0 Å². The Labute approximate surface area is 89.6 Å². The summed E-state index contributed by atoms with van der Waals surface area (Å²) < 4.78 is 1.80. The van der Waals surface area contributed by atoms with Crippen LogP contribution in [0.4, 0.5) is 0 Å². The molecule has 0 amide bonds. The number of aromatic nitrogens is 4. The normalized spacial score (nSPS) is 16.7. The number of hydrogen-bond acceptors (Lipinski definition) is 3. The van der Waals surface area contributed by atoms with E-state index in [0.717, 1.165) is 5.82 Å². The monoisotopic (exact) mass is 216 g/mol. The Kier molecular flexibility index (Phi) is 3.14. The molecule has 0 aliphatic heterocycles. The Morgan fingerprint density at radius 2 is 1.86 bits per heavy atom. The molecule has 0 radical (unpaired) electrons. The van der Waals surface area contributed by atoms with Gasteiger partial charge in [-0.15, -0.1) is 16.7 Å². The van der Waals surface area contributed by atoms with Crippen molar-refractivity contribution in [3.05, 3.63) is 5.82 Å². The van der Waals surface area contributed by atoms with E-state index in [1.54, 1.807) is 4.68 Å². The highest BCUT2D eigenvalue weighted by Crippen LogP contribution is 2.31. The second-order valence-electron chi connectivity index (χ2n) is 4.64. The van der Waals surface area contributed by atoms with Gasteiger partial charge >= 0.3 is 0 Å². The highest BCUT2D eigenvalue weighted by Gasteiger charge is 2.26. The van der Waals surface area contributed by atoms with Crippen LogP contribution in [-0.4, -0.2) is 20.2 Å². The van der Waals surface area contributed by atoms with Crippen LogP contribution in [0.2, 0.25) is 0 Å². The van der Waals surface area contributed by atoms with Gasteiger partial charge in [0.05, 0.1) is 11.4 Å². The fourth-order valence-electron chi connectivity index (χ4n) is 1.11. The summed E-state index contributed by atoms with van der Waals surface area (Å²) in [5.74, 6) is 0.731. The van der Waals surface area contributed by atoms with Gasteiger partial charge in [0, 0.05) is 0 Å². The average Bonchev–Trinajstić information content (AvgIpc) is 2.48. The van der Waals surface area contributed by atoms with Gasteiger partial charge in [0.1, 0.15) is 0 Å². The van der Waals surface area contributed by atoms with Crippen molar-refractivity contribution in [2.24, 2.45) is 5.41 Å². The quantitative estimate of drug-likeness (QED) is 0.714. The van der Waals surface area contributed by atoms with E-state index in [2.05, 4.69) is 43.2 Å². The number of nitrogens with zero attached hydrogens (tertiary/aromatic N) is 4. The van der Waals surface area contributed by atoms with Crippen LogP contribution in [0.15, 0.2) is 0 Å². The summed E-state index contributed by atoms with van der Waals surface area (Å²) in [7, 11) is 0. The van der Waals surface area contributed by atoms with Crippen LogP contribution in [0.3, 0.4) is 0 Å². The molecule has 2 unspecified atom stereocenters. The van der Waals surface area contributed by atoms with Crippen molar-refractivity contribution in [2.45, 2.75) is 46.0 Å². The molecule has 0 aromatic carbocycles. The van der Waals surface area contributed by atoms with Crippen LogP contribution in [0, 0.1) is 5.41 Å². The number of hydrogen-bond donors (Lipinski definition) is 0. The lowest BCUT2D eigenvalue weighted by molar-refractivity contribution is 0.236. The maximum absolute atomic E-state index is 5.98. The van der Waals surface area contributed by atoms with E-state index in [0.29, 0.717) is 0 Å². The van der Waals surface area contributed by atoms with Crippen LogP contribution >= 0.6 is 11.6 Å². The Balaban J connectivity index is 3.01. The predicted octanol–water partition coefficient (Wildman–Crippen LogP) is 2.58. The van der Waals surface area contributed by atoms with E-state index < -0.39 is 0 Å². The lowest BCUT2D eigenvalue weighted by Crippen LogP contribution is -2.24.